The lowest BCUT2D eigenvalue weighted by atomic mass is 10.1. The molecular formula is C13H17FN6O6S. The number of alkyl halides is 1. The Balaban J connectivity index is 2.29. The molecule has 3 N–H and O–H groups in total. The number of hydrogen-bond acceptors (Lipinski definition) is 10. The van der Waals surface area contributed by atoms with Gasteiger partial charge in [-0.05, 0) is 11.6 Å². The number of thiol groups is 1. The smallest absolute Gasteiger partial charge is 0.351 e. The summed E-state index contributed by atoms with van der Waals surface area (Å²) in [5.74, 6) is -0.560. The van der Waals surface area contributed by atoms with Crippen LogP contribution in [0.2, 0.25) is 0 Å². The largest absolute Gasteiger partial charge is 0.467 e. The highest BCUT2D eigenvalue weighted by atomic mass is 32.1. The molecule has 0 saturated carbocycles. The molecule has 1 aliphatic heterocycles. The van der Waals surface area contributed by atoms with Crippen molar-refractivity contribution in [3.63, 3.8) is 0 Å². The molecule has 2 heterocycles. The van der Waals surface area contributed by atoms with E-state index >= 15 is 0 Å². The summed E-state index contributed by atoms with van der Waals surface area (Å²) in [4.78, 5) is 29.9. The predicted octanol–water partition coefficient (Wildman–Crippen LogP) is -0.647. The van der Waals surface area contributed by atoms with Crippen LogP contribution in [0.25, 0.3) is 10.4 Å². The minimum absolute atomic E-state index is 0.00174. The summed E-state index contributed by atoms with van der Waals surface area (Å²) in [7, 11) is 1.19. The van der Waals surface area contributed by atoms with E-state index in [0.29, 0.717) is 0 Å². The summed E-state index contributed by atoms with van der Waals surface area (Å²) >= 11 is 3.99. The minimum atomic E-state index is -2.27. The van der Waals surface area contributed by atoms with Crippen LogP contribution in [0.4, 0.5) is 10.2 Å². The Labute approximate surface area is 157 Å². The zero-order valence-electron chi connectivity index (χ0n) is 14.0. The fraction of sp³-hybridized carbons (Fsp3) is 0.615. The summed E-state index contributed by atoms with van der Waals surface area (Å²) in [5, 5.41) is 25.0. The lowest BCUT2D eigenvalue weighted by Crippen LogP contribution is -2.43. The number of rotatable bonds is 7. The highest BCUT2D eigenvalue weighted by molar-refractivity contribution is 7.80. The molecule has 14 heteroatoms. The third-order valence-corrected chi connectivity index (χ3v) is 4.26. The number of ether oxygens (including phenoxy) is 2. The van der Waals surface area contributed by atoms with Gasteiger partial charge in [-0.2, -0.15) is 17.6 Å². The Kier molecular flexibility index (Phi) is 6.62. The van der Waals surface area contributed by atoms with E-state index in [1.54, 1.807) is 0 Å². The predicted molar refractivity (Wildman–Crippen MR) is 91.8 cm³/mol. The number of aliphatic hydroxyl groups excluding tert-OH is 2. The molecule has 1 aliphatic rings. The van der Waals surface area contributed by atoms with Crippen molar-refractivity contribution in [2.75, 3.05) is 24.8 Å². The summed E-state index contributed by atoms with van der Waals surface area (Å²) in [6.45, 7) is -1.00. The fourth-order valence-corrected chi connectivity index (χ4v) is 2.71. The Bertz CT molecular complexity index is 804. The first-order valence-corrected chi connectivity index (χ1v) is 8.18. The second kappa shape index (κ2) is 8.54. The highest BCUT2D eigenvalue weighted by Crippen LogP contribution is 2.39. The van der Waals surface area contributed by atoms with Crippen LogP contribution < -0.4 is 11.0 Å². The number of aromatic nitrogens is 2. The number of azide groups is 1. The number of carbonyl (C=O) groups is 1. The van der Waals surface area contributed by atoms with Crippen molar-refractivity contribution < 1.29 is 28.9 Å². The van der Waals surface area contributed by atoms with Gasteiger partial charge in [0, 0.05) is 16.9 Å². The van der Waals surface area contributed by atoms with Gasteiger partial charge in [0.2, 0.25) is 5.72 Å². The summed E-state index contributed by atoms with van der Waals surface area (Å²) in [6.07, 6.45) is -4.76. The maximum atomic E-state index is 14.4. The van der Waals surface area contributed by atoms with Crippen LogP contribution in [0.3, 0.4) is 0 Å². The molecule has 0 bridgehead atoms. The maximum Gasteiger partial charge on any atom is 0.351 e. The van der Waals surface area contributed by atoms with E-state index in [2.05, 4.69) is 37.7 Å². The molecule has 0 radical (unpaired) electrons. The van der Waals surface area contributed by atoms with E-state index in [0.717, 1.165) is 10.8 Å². The van der Waals surface area contributed by atoms with Gasteiger partial charge in [-0.25, -0.2) is 14.0 Å². The molecule has 1 saturated heterocycles. The molecule has 2 rings (SSSR count). The fourth-order valence-electron chi connectivity index (χ4n) is 2.47. The molecule has 0 aromatic carbocycles. The summed E-state index contributed by atoms with van der Waals surface area (Å²) < 4.78 is 24.9. The van der Waals surface area contributed by atoms with E-state index in [-0.39, 0.29) is 11.6 Å². The van der Waals surface area contributed by atoms with E-state index in [1.165, 1.54) is 13.2 Å². The number of aliphatic hydroxyl groups is 2. The van der Waals surface area contributed by atoms with Crippen LogP contribution in [0.5, 0.6) is 0 Å². The average Bonchev–Trinajstić information content (AvgIpc) is 2.91. The van der Waals surface area contributed by atoms with Crippen molar-refractivity contribution in [2.45, 2.75) is 30.3 Å². The minimum Gasteiger partial charge on any atom is -0.467 e. The summed E-state index contributed by atoms with van der Waals surface area (Å²) in [5.41, 5.74) is 5.31. The second-order valence-corrected chi connectivity index (χ2v) is 5.86. The molecule has 1 aromatic heterocycles. The molecule has 12 nitrogen and oxygen atoms in total. The van der Waals surface area contributed by atoms with E-state index in [4.69, 9.17) is 10.3 Å². The van der Waals surface area contributed by atoms with Gasteiger partial charge in [-0.1, -0.05) is 5.11 Å². The molecule has 2 unspecified atom stereocenters. The monoisotopic (exact) mass is 404 g/mol. The third kappa shape index (κ3) is 3.99. The lowest BCUT2D eigenvalue weighted by Gasteiger charge is -2.23. The number of anilines is 1. The molecule has 5 atom stereocenters. The van der Waals surface area contributed by atoms with Crippen LogP contribution in [-0.4, -0.2) is 69.2 Å². The van der Waals surface area contributed by atoms with Gasteiger partial charge >= 0.3 is 11.7 Å². The molecule has 148 valence electrons. The highest BCUT2D eigenvalue weighted by Gasteiger charge is 2.56. The average molecular weight is 404 g/mol. The number of nitrogens with zero attached hydrogens (tertiary/aromatic N) is 5. The normalized spacial score (nSPS) is 28.3. The number of esters is 1. The number of methoxy groups -OCH3 is 1. The molecule has 27 heavy (non-hydrogen) atoms. The quantitative estimate of drug-likeness (QED) is 0.153. The Morgan fingerprint density at radius 2 is 2.44 bits per heavy atom. The molecule has 0 amide bonds. The summed E-state index contributed by atoms with van der Waals surface area (Å²) in [6, 6.07) is 0.391. The number of halogens is 1. The topological polar surface area (TPSA) is 172 Å². The van der Waals surface area contributed by atoms with Crippen molar-refractivity contribution in [3.05, 3.63) is 33.2 Å². The van der Waals surface area contributed by atoms with Gasteiger partial charge in [-0.15, -0.1) is 0 Å². The van der Waals surface area contributed by atoms with Crippen LogP contribution in [0.1, 0.15) is 6.23 Å². The standard InChI is InChI=1S/C13H17FN6O6S/c1-25-11(23)6(4-27)16-7-2-3-20(12(24)17-7)10-8(14)9(22)13(5-21,26-10)18-19-15/h2-3,6,8-10,21-22,27H,4-5H2,1H3,(H,16,17,24)/t6-,8-,9?,10?,13+/m0/s1. The number of nitrogens with one attached hydrogen (secondary N) is 1. The molecule has 1 aromatic rings. The third-order valence-electron chi connectivity index (χ3n) is 3.90. The van der Waals surface area contributed by atoms with Crippen molar-refractivity contribution in [1.29, 1.82) is 0 Å². The van der Waals surface area contributed by atoms with Crippen LogP contribution in [-0.2, 0) is 14.3 Å². The zero-order chi connectivity index (χ0) is 20.2. The van der Waals surface area contributed by atoms with Crippen LogP contribution in [0.15, 0.2) is 22.2 Å². The maximum absolute atomic E-state index is 14.4. The van der Waals surface area contributed by atoms with Crippen molar-refractivity contribution in [1.82, 2.24) is 9.55 Å². The molecule has 1 fully saturated rings. The van der Waals surface area contributed by atoms with Crippen LogP contribution in [0, 0.1) is 0 Å². The van der Waals surface area contributed by atoms with Crippen molar-refractivity contribution >= 4 is 24.4 Å². The van der Waals surface area contributed by atoms with Gasteiger partial charge in [-0.3, -0.25) is 4.57 Å². The van der Waals surface area contributed by atoms with Gasteiger partial charge in [0.05, 0.1) is 13.7 Å². The number of carbonyl (C=O) groups excluding carboxylic acids is 1. The number of hydrogen-bond donors (Lipinski definition) is 4. The molecule has 0 spiro atoms. The van der Waals surface area contributed by atoms with Crippen molar-refractivity contribution in [3.8, 4) is 0 Å². The van der Waals surface area contributed by atoms with Crippen molar-refractivity contribution in [2.24, 2.45) is 5.11 Å². The molecular weight excluding hydrogens is 387 g/mol. The van der Waals surface area contributed by atoms with Gasteiger partial charge < -0.3 is 25.0 Å². The SMILES string of the molecule is COC(=O)[C@H](CS)Nc1ccn(C2O[C@@](CO)(N=[N+]=[N-])C(O)[C@@H]2F)c(=O)n1. The Morgan fingerprint density at radius 3 is 2.96 bits per heavy atom. The van der Waals surface area contributed by atoms with E-state index in [9.17, 15) is 24.2 Å². The molecule has 0 aliphatic carbocycles. The van der Waals surface area contributed by atoms with Crippen LogP contribution >= 0.6 is 12.6 Å². The van der Waals surface area contributed by atoms with Gasteiger partial charge in [0.15, 0.2) is 12.4 Å². The Morgan fingerprint density at radius 1 is 1.74 bits per heavy atom. The van der Waals surface area contributed by atoms with Gasteiger partial charge in [0.25, 0.3) is 0 Å². The first kappa shape index (κ1) is 20.9. The van der Waals surface area contributed by atoms with E-state index in [1.807, 2.05) is 0 Å². The first-order valence-electron chi connectivity index (χ1n) is 7.55. The second-order valence-electron chi connectivity index (χ2n) is 5.50. The Hall–Kier alpha value is -2.38. The lowest BCUT2D eigenvalue weighted by molar-refractivity contribution is -0.140. The zero-order valence-corrected chi connectivity index (χ0v) is 14.9. The van der Waals surface area contributed by atoms with E-state index < -0.39 is 48.5 Å². The first-order chi connectivity index (χ1) is 12.8. The van der Waals surface area contributed by atoms with Gasteiger partial charge in [0.1, 0.15) is 18.0 Å².